The fourth-order valence-corrected chi connectivity index (χ4v) is 6.25. The zero-order valence-electron chi connectivity index (χ0n) is 15.0. The van der Waals surface area contributed by atoms with Gasteiger partial charge in [0.05, 0.1) is 4.90 Å². The number of halogens is 1. The molecule has 1 fully saturated rings. The van der Waals surface area contributed by atoms with Crippen LogP contribution >= 0.6 is 11.6 Å². The van der Waals surface area contributed by atoms with Gasteiger partial charge in [-0.15, -0.1) is 0 Å². The van der Waals surface area contributed by atoms with Crippen LogP contribution in [-0.4, -0.2) is 25.6 Å². The highest BCUT2D eigenvalue weighted by atomic mass is 35.5. The van der Waals surface area contributed by atoms with E-state index in [2.05, 4.69) is 11.4 Å². The highest BCUT2D eigenvalue weighted by Crippen LogP contribution is 2.41. The lowest BCUT2D eigenvalue weighted by Crippen LogP contribution is -2.50. The van der Waals surface area contributed by atoms with Gasteiger partial charge in [0.2, 0.25) is 5.91 Å². The van der Waals surface area contributed by atoms with Gasteiger partial charge in [-0.2, -0.15) is 0 Å². The third-order valence-electron chi connectivity index (χ3n) is 5.58. The number of sulfone groups is 1. The molecule has 0 aromatic heterocycles. The molecule has 0 spiro atoms. The fraction of sp³-hybridized carbons (Fsp3) is 0.550. The van der Waals surface area contributed by atoms with Crippen molar-refractivity contribution >= 4 is 27.3 Å². The second-order valence-corrected chi connectivity index (χ2v) is 9.97. The molecule has 0 heterocycles. The van der Waals surface area contributed by atoms with Crippen molar-refractivity contribution in [3.8, 4) is 0 Å². The predicted molar refractivity (Wildman–Crippen MR) is 104 cm³/mol. The number of allylic oxidation sites excluding steroid dienone is 1. The molecule has 2 aliphatic carbocycles. The van der Waals surface area contributed by atoms with Gasteiger partial charge in [0.1, 0.15) is 0 Å². The summed E-state index contributed by atoms with van der Waals surface area (Å²) in [5.74, 6) is -0.346. The molecule has 6 heteroatoms. The van der Waals surface area contributed by atoms with E-state index in [1.807, 2.05) is 0 Å². The minimum atomic E-state index is -3.76. The average Bonchev–Trinajstić information content (AvgIpc) is 3.15. The molecule has 142 valence electrons. The van der Waals surface area contributed by atoms with E-state index in [-0.39, 0.29) is 10.8 Å². The maximum Gasteiger partial charge on any atom is 0.241 e. The Bertz CT molecular complexity index is 778. The van der Waals surface area contributed by atoms with Crippen molar-refractivity contribution in [2.24, 2.45) is 0 Å². The Morgan fingerprint density at radius 2 is 1.77 bits per heavy atom. The Morgan fingerprint density at radius 1 is 1.08 bits per heavy atom. The van der Waals surface area contributed by atoms with Crippen molar-refractivity contribution < 1.29 is 13.2 Å². The van der Waals surface area contributed by atoms with Crippen LogP contribution in [0.4, 0.5) is 0 Å². The van der Waals surface area contributed by atoms with Gasteiger partial charge in [0, 0.05) is 11.6 Å². The lowest BCUT2D eigenvalue weighted by atomic mass is 9.97. The minimum absolute atomic E-state index is 0.175. The van der Waals surface area contributed by atoms with Crippen LogP contribution in [0.1, 0.15) is 57.8 Å². The predicted octanol–water partition coefficient (Wildman–Crippen LogP) is 4.43. The van der Waals surface area contributed by atoms with Crippen LogP contribution in [0, 0.1) is 0 Å². The molecule has 1 N–H and O–H groups in total. The summed E-state index contributed by atoms with van der Waals surface area (Å²) in [5, 5.41) is 3.40. The molecule has 0 unspecified atom stereocenters. The van der Waals surface area contributed by atoms with Crippen molar-refractivity contribution in [3.63, 3.8) is 0 Å². The van der Waals surface area contributed by atoms with Gasteiger partial charge in [0.25, 0.3) is 0 Å². The van der Waals surface area contributed by atoms with Crippen LogP contribution < -0.4 is 5.32 Å². The number of benzene rings is 1. The fourth-order valence-electron chi connectivity index (χ4n) is 4.03. The van der Waals surface area contributed by atoms with Gasteiger partial charge in [-0.25, -0.2) is 8.42 Å². The molecule has 4 nitrogen and oxygen atoms in total. The molecule has 0 radical (unpaired) electrons. The number of carbonyl (C=O) groups excluding carboxylic acids is 1. The maximum atomic E-state index is 13.3. The molecule has 1 saturated carbocycles. The largest absolute Gasteiger partial charge is 0.354 e. The van der Waals surface area contributed by atoms with Gasteiger partial charge in [-0.3, -0.25) is 4.79 Å². The molecule has 0 bridgehead atoms. The summed E-state index contributed by atoms with van der Waals surface area (Å²) >= 11 is 5.88. The summed E-state index contributed by atoms with van der Waals surface area (Å²) in [6, 6.07) is 6.12. The summed E-state index contributed by atoms with van der Waals surface area (Å²) in [6.45, 7) is 0.503. The van der Waals surface area contributed by atoms with E-state index in [1.54, 1.807) is 12.1 Å². The van der Waals surface area contributed by atoms with E-state index in [1.165, 1.54) is 30.5 Å². The molecule has 0 aliphatic heterocycles. The third kappa shape index (κ3) is 3.84. The molecular weight excluding hydrogens is 370 g/mol. The normalized spacial score (nSPS) is 19.8. The number of rotatable bonds is 6. The molecule has 1 aromatic carbocycles. The lowest BCUT2D eigenvalue weighted by Gasteiger charge is -2.28. The molecule has 0 saturated heterocycles. The molecular formula is C20H26ClNO3S. The molecule has 26 heavy (non-hydrogen) atoms. The smallest absolute Gasteiger partial charge is 0.241 e. The SMILES string of the molecule is O=C(NCCC1=CCCCC1)C1(S(=O)(=O)c2ccc(Cl)cc2)CCCC1. The van der Waals surface area contributed by atoms with Gasteiger partial charge >= 0.3 is 0 Å². The van der Waals surface area contributed by atoms with Crippen molar-refractivity contribution in [3.05, 3.63) is 40.9 Å². The van der Waals surface area contributed by atoms with E-state index >= 15 is 0 Å². The molecule has 3 rings (SSSR count). The van der Waals surface area contributed by atoms with E-state index in [0.717, 1.165) is 32.1 Å². The van der Waals surface area contributed by atoms with Crippen molar-refractivity contribution in [1.29, 1.82) is 0 Å². The highest BCUT2D eigenvalue weighted by Gasteiger charge is 2.52. The van der Waals surface area contributed by atoms with E-state index in [0.29, 0.717) is 24.4 Å². The van der Waals surface area contributed by atoms with Crippen LogP contribution in [0.25, 0.3) is 0 Å². The second-order valence-electron chi connectivity index (χ2n) is 7.27. The maximum absolute atomic E-state index is 13.3. The summed E-state index contributed by atoms with van der Waals surface area (Å²) in [6.07, 6.45) is 9.97. The standard InChI is InChI=1S/C20H26ClNO3S/c21-17-8-10-18(11-9-17)26(24,25)20(13-4-5-14-20)19(23)22-15-12-16-6-2-1-3-7-16/h6,8-11H,1-5,7,12-15H2,(H,22,23). The first-order chi connectivity index (χ1) is 12.5. The average molecular weight is 396 g/mol. The van der Waals surface area contributed by atoms with Crippen molar-refractivity contribution in [2.75, 3.05) is 6.54 Å². The van der Waals surface area contributed by atoms with Crippen LogP contribution in [-0.2, 0) is 14.6 Å². The Hall–Kier alpha value is -1.33. The number of nitrogens with one attached hydrogen (secondary N) is 1. The first-order valence-corrected chi connectivity index (χ1v) is 11.3. The highest BCUT2D eigenvalue weighted by molar-refractivity contribution is 7.93. The second kappa shape index (κ2) is 8.13. The van der Waals surface area contributed by atoms with Gasteiger partial charge in [0.15, 0.2) is 14.6 Å². The Kier molecular flexibility index (Phi) is 6.08. The van der Waals surface area contributed by atoms with Crippen LogP contribution in [0.15, 0.2) is 40.8 Å². The van der Waals surface area contributed by atoms with E-state index in [4.69, 9.17) is 11.6 Å². The summed E-state index contributed by atoms with van der Waals surface area (Å²) in [5.41, 5.74) is 1.37. The molecule has 1 aromatic rings. The molecule has 0 atom stereocenters. The lowest BCUT2D eigenvalue weighted by molar-refractivity contribution is -0.123. The summed E-state index contributed by atoms with van der Waals surface area (Å²) < 4.78 is 25.2. The Labute approximate surface area is 160 Å². The number of hydrogen-bond donors (Lipinski definition) is 1. The minimum Gasteiger partial charge on any atom is -0.354 e. The topological polar surface area (TPSA) is 63.2 Å². The third-order valence-corrected chi connectivity index (χ3v) is 8.35. The number of amides is 1. The van der Waals surface area contributed by atoms with Crippen LogP contribution in [0.3, 0.4) is 0 Å². The zero-order chi connectivity index (χ0) is 18.6. The molecule has 2 aliphatic rings. The van der Waals surface area contributed by atoms with Gasteiger partial charge in [-0.05, 0) is 69.2 Å². The number of hydrogen-bond acceptors (Lipinski definition) is 3. The van der Waals surface area contributed by atoms with Gasteiger partial charge in [-0.1, -0.05) is 36.1 Å². The van der Waals surface area contributed by atoms with Crippen LogP contribution in [0.2, 0.25) is 5.02 Å². The first-order valence-electron chi connectivity index (χ1n) is 9.42. The van der Waals surface area contributed by atoms with Gasteiger partial charge < -0.3 is 5.32 Å². The summed E-state index contributed by atoms with van der Waals surface area (Å²) in [4.78, 5) is 13.1. The quantitative estimate of drug-likeness (QED) is 0.724. The van der Waals surface area contributed by atoms with Crippen LogP contribution in [0.5, 0.6) is 0 Å². The Balaban J connectivity index is 1.75. The van der Waals surface area contributed by atoms with E-state index < -0.39 is 14.6 Å². The monoisotopic (exact) mass is 395 g/mol. The molecule has 1 amide bonds. The van der Waals surface area contributed by atoms with Crippen molar-refractivity contribution in [1.82, 2.24) is 5.32 Å². The number of carbonyl (C=O) groups is 1. The Morgan fingerprint density at radius 3 is 2.38 bits per heavy atom. The van der Waals surface area contributed by atoms with Crippen molar-refractivity contribution in [2.45, 2.75) is 67.4 Å². The van der Waals surface area contributed by atoms with E-state index in [9.17, 15) is 13.2 Å². The first kappa shape index (κ1) is 19.4. The summed E-state index contributed by atoms with van der Waals surface area (Å²) in [7, 11) is -3.76. The zero-order valence-corrected chi connectivity index (χ0v) is 16.5.